The van der Waals surface area contributed by atoms with E-state index in [-0.39, 0.29) is 18.7 Å². The lowest BCUT2D eigenvalue weighted by molar-refractivity contribution is 0.233. The van der Waals surface area contributed by atoms with Gasteiger partial charge in [-0.25, -0.2) is 0 Å². The summed E-state index contributed by atoms with van der Waals surface area (Å²) in [6.07, 6.45) is 2.71. The minimum absolute atomic E-state index is 0.0736. The Morgan fingerprint density at radius 3 is 2.72 bits per heavy atom. The quantitative estimate of drug-likeness (QED) is 0.840. The van der Waals surface area contributed by atoms with Gasteiger partial charge in [-0.15, -0.1) is 11.3 Å². The molecule has 2 rings (SSSR count). The molecule has 0 fully saturated rings. The summed E-state index contributed by atoms with van der Waals surface area (Å²) in [5, 5.41) is 12.9. The minimum Gasteiger partial charge on any atom is -0.395 e. The van der Waals surface area contributed by atoms with Gasteiger partial charge in [0.2, 0.25) is 0 Å². The number of thiazole rings is 1. The SMILES string of the molecule is CC(N[C@@H](CO)Cc1ccccc1)c1cncs1. The van der Waals surface area contributed by atoms with E-state index in [2.05, 4.69) is 29.4 Å². The highest BCUT2D eigenvalue weighted by atomic mass is 32.1. The number of nitrogens with zero attached hydrogens (tertiary/aromatic N) is 1. The third-order valence-corrected chi connectivity index (χ3v) is 3.87. The maximum absolute atomic E-state index is 9.46. The number of hydrogen-bond donors (Lipinski definition) is 2. The number of benzene rings is 1. The van der Waals surface area contributed by atoms with E-state index in [1.54, 1.807) is 11.3 Å². The van der Waals surface area contributed by atoms with Crippen LogP contribution in [0.1, 0.15) is 23.4 Å². The van der Waals surface area contributed by atoms with E-state index >= 15 is 0 Å². The number of nitrogens with one attached hydrogen (secondary N) is 1. The van der Waals surface area contributed by atoms with Crippen LogP contribution in [0.2, 0.25) is 0 Å². The van der Waals surface area contributed by atoms with Gasteiger partial charge in [0.05, 0.1) is 12.1 Å². The lowest BCUT2D eigenvalue weighted by Crippen LogP contribution is -2.36. The average molecular weight is 262 g/mol. The molecule has 0 aliphatic heterocycles. The first-order valence-electron chi connectivity index (χ1n) is 6.09. The van der Waals surface area contributed by atoms with Crippen LogP contribution in [0.3, 0.4) is 0 Å². The number of aliphatic hydroxyl groups excluding tert-OH is 1. The van der Waals surface area contributed by atoms with Crippen molar-refractivity contribution >= 4 is 11.3 Å². The summed E-state index contributed by atoms with van der Waals surface area (Å²) in [7, 11) is 0. The second-order valence-electron chi connectivity index (χ2n) is 4.36. The normalized spacial score (nSPS) is 14.3. The van der Waals surface area contributed by atoms with E-state index in [4.69, 9.17) is 0 Å². The Labute approximate surface area is 112 Å². The third-order valence-electron chi connectivity index (χ3n) is 2.91. The predicted molar refractivity (Wildman–Crippen MR) is 74.7 cm³/mol. The largest absolute Gasteiger partial charge is 0.395 e. The van der Waals surface area contributed by atoms with E-state index in [0.29, 0.717) is 0 Å². The molecule has 2 aromatic rings. The second kappa shape index (κ2) is 6.64. The summed E-state index contributed by atoms with van der Waals surface area (Å²) in [6.45, 7) is 2.24. The molecular weight excluding hydrogens is 244 g/mol. The van der Waals surface area contributed by atoms with Crippen molar-refractivity contribution in [2.75, 3.05) is 6.61 Å². The fraction of sp³-hybridized carbons (Fsp3) is 0.357. The van der Waals surface area contributed by atoms with Crippen molar-refractivity contribution < 1.29 is 5.11 Å². The summed E-state index contributed by atoms with van der Waals surface area (Å²) < 4.78 is 0. The van der Waals surface area contributed by atoms with Gasteiger partial charge in [-0.05, 0) is 18.9 Å². The maximum Gasteiger partial charge on any atom is 0.0794 e. The van der Waals surface area contributed by atoms with Crippen LogP contribution < -0.4 is 5.32 Å². The molecule has 0 spiro atoms. The zero-order valence-electron chi connectivity index (χ0n) is 10.4. The van der Waals surface area contributed by atoms with E-state index in [9.17, 15) is 5.11 Å². The summed E-state index contributed by atoms with van der Waals surface area (Å²) in [5.41, 5.74) is 3.07. The molecule has 4 heteroatoms. The molecule has 96 valence electrons. The summed E-state index contributed by atoms with van der Waals surface area (Å²) in [4.78, 5) is 5.27. The van der Waals surface area contributed by atoms with Crippen LogP contribution in [-0.2, 0) is 6.42 Å². The second-order valence-corrected chi connectivity index (χ2v) is 5.28. The molecule has 1 aromatic heterocycles. The minimum atomic E-state index is 0.0736. The molecule has 0 saturated carbocycles. The Balaban J connectivity index is 1.93. The van der Waals surface area contributed by atoms with E-state index < -0.39 is 0 Å². The van der Waals surface area contributed by atoms with E-state index in [0.717, 1.165) is 6.42 Å². The van der Waals surface area contributed by atoms with Gasteiger partial charge in [0, 0.05) is 23.2 Å². The van der Waals surface area contributed by atoms with Gasteiger partial charge in [0.25, 0.3) is 0 Å². The van der Waals surface area contributed by atoms with Crippen LogP contribution >= 0.6 is 11.3 Å². The number of hydrogen-bond acceptors (Lipinski definition) is 4. The van der Waals surface area contributed by atoms with Gasteiger partial charge in [-0.3, -0.25) is 4.98 Å². The molecule has 0 aliphatic rings. The Morgan fingerprint density at radius 2 is 2.11 bits per heavy atom. The van der Waals surface area contributed by atoms with Crippen LogP contribution in [0.25, 0.3) is 0 Å². The molecule has 0 aliphatic carbocycles. The lowest BCUT2D eigenvalue weighted by atomic mass is 10.1. The molecular formula is C14H18N2OS. The molecule has 1 heterocycles. The third kappa shape index (κ3) is 3.63. The Bertz CT molecular complexity index is 444. The lowest BCUT2D eigenvalue weighted by Gasteiger charge is -2.20. The zero-order chi connectivity index (χ0) is 12.8. The highest BCUT2D eigenvalue weighted by Crippen LogP contribution is 2.17. The van der Waals surface area contributed by atoms with Gasteiger partial charge in [-0.1, -0.05) is 30.3 Å². The number of rotatable bonds is 6. The molecule has 0 radical (unpaired) electrons. The molecule has 0 saturated heterocycles. The van der Waals surface area contributed by atoms with Crippen molar-refractivity contribution in [3.63, 3.8) is 0 Å². The fourth-order valence-corrected chi connectivity index (χ4v) is 2.59. The van der Waals surface area contributed by atoms with E-state index in [1.807, 2.05) is 29.9 Å². The smallest absolute Gasteiger partial charge is 0.0794 e. The first-order valence-corrected chi connectivity index (χ1v) is 6.96. The van der Waals surface area contributed by atoms with Crippen molar-refractivity contribution in [1.82, 2.24) is 10.3 Å². The van der Waals surface area contributed by atoms with Crippen molar-refractivity contribution in [3.8, 4) is 0 Å². The fourth-order valence-electron chi connectivity index (χ4n) is 1.95. The Kier molecular flexibility index (Phi) is 4.87. The van der Waals surface area contributed by atoms with Gasteiger partial charge in [0.15, 0.2) is 0 Å². The molecule has 18 heavy (non-hydrogen) atoms. The van der Waals surface area contributed by atoms with Gasteiger partial charge in [0.1, 0.15) is 0 Å². The van der Waals surface area contributed by atoms with Crippen molar-refractivity contribution in [1.29, 1.82) is 0 Å². The van der Waals surface area contributed by atoms with Crippen LogP contribution in [0.5, 0.6) is 0 Å². The monoisotopic (exact) mass is 262 g/mol. The zero-order valence-corrected chi connectivity index (χ0v) is 11.2. The Hall–Kier alpha value is -1.23. The maximum atomic E-state index is 9.46. The number of aliphatic hydroxyl groups is 1. The number of aromatic nitrogens is 1. The molecule has 3 nitrogen and oxygen atoms in total. The first kappa shape index (κ1) is 13.2. The summed E-state index contributed by atoms with van der Waals surface area (Å²) in [5.74, 6) is 0. The van der Waals surface area contributed by atoms with Gasteiger partial charge in [-0.2, -0.15) is 0 Å². The molecule has 1 aromatic carbocycles. The van der Waals surface area contributed by atoms with Crippen LogP contribution in [0.15, 0.2) is 42.0 Å². The highest BCUT2D eigenvalue weighted by Gasteiger charge is 2.14. The van der Waals surface area contributed by atoms with E-state index in [1.165, 1.54) is 10.4 Å². The van der Waals surface area contributed by atoms with Crippen molar-refractivity contribution in [2.24, 2.45) is 0 Å². The predicted octanol–water partition coefficient (Wildman–Crippen LogP) is 2.40. The first-order chi connectivity index (χ1) is 8.79. The molecule has 2 atom stereocenters. The van der Waals surface area contributed by atoms with Gasteiger partial charge >= 0.3 is 0 Å². The summed E-state index contributed by atoms with van der Waals surface area (Å²) in [6, 6.07) is 10.5. The standard InChI is InChI=1S/C14H18N2OS/c1-11(14-8-15-10-18-14)16-13(9-17)7-12-5-3-2-4-6-12/h2-6,8,10-11,13,16-17H,7,9H2,1H3/t11?,13-/m1/s1. The van der Waals surface area contributed by atoms with Crippen molar-refractivity contribution in [2.45, 2.75) is 25.4 Å². The van der Waals surface area contributed by atoms with Crippen LogP contribution in [0, 0.1) is 0 Å². The van der Waals surface area contributed by atoms with Crippen molar-refractivity contribution in [3.05, 3.63) is 52.5 Å². The molecule has 1 unspecified atom stereocenters. The molecule has 2 N–H and O–H groups in total. The Morgan fingerprint density at radius 1 is 1.33 bits per heavy atom. The average Bonchev–Trinajstić information content (AvgIpc) is 2.93. The molecule has 0 amide bonds. The highest BCUT2D eigenvalue weighted by molar-refractivity contribution is 7.09. The van der Waals surface area contributed by atoms with Crippen LogP contribution in [-0.4, -0.2) is 22.7 Å². The topological polar surface area (TPSA) is 45.1 Å². The van der Waals surface area contributed by atoms with Gasteiger partial charge < -0.3 is 10.4 Å². The van der Waals surface area contributed by atoms with Crippen LogP contribution in [0.4, 0.5) is 0 Å². The summed E-state index contributed by atoms with van der Waals surface area (Å²) >= 11 is 1.63. The molecule has 0 bridgehead atoms.